The number of nitrogens with zero attached hydrogens (tertiary/aromatic N) is 1. The Labute approximate surface area is 102 Å². The maximum Gasteiger partial charge on any atom is 0.0795 e. The van der Waals surface area contributed by atoms with Crippen LogP contribution in [-0.4, -0.2) is 11.0 Å². The Hall–Kier alpha value is -0.410. The zero-order chi connectivity index (χ0) is 11.4. The maximum atomic E-state index is 4.30. The Morgan fingerprint density at radius 1 is 1.38 bits per heavy atom. The zero-order valence-corrected chi connectivity index (χ0v) is 11.1. The van der Waals surface area contributed by atoms with Crippen molar-refractivity contribution in [1.29, 1.82) is 0 Å². The minimum Gasteiger partial charge on any atom is -0.308 e. The van der Waals surface area contributed by atoms with Gasteiger partial charge >= 0.3 is 0 Å². The van der Waals surface area contributed by atoms with Gasteiger partial charge in [0.15, 0.2) is 0 Å². The van der Waals surface area contributed by atoms with Gasteiger partial charge in [-0.1, -0.05) is 13.8 Å². The summed E-state index contributed by atoms with van der Waals surface area (Å²) in [6, 6.07) is 0.719. The molecule has 1 fully saturated rings. The van der Waals surface area contributed by atoms with Crippen LogP contribution in [0.4, 0.5) is 0 Å². The molecule has 1 aliphatic carbocycles. The van der Waals surface area contributed by atoms with E-state index in [1.807, 2.05) is 5.51 Å². The van der Waals surface area contributed by atoms with E-state index in [9.17, 15) is 0 Å². The fourth-order valence-corrected chi connectivity index (χ4v) is 3.12. The van der Waals surface area contributed by atoms with Crippen LogP contribution in [0.2, 0.25) is 0 Å². The molecular formula is C13H22N2S. The molecule has 1 saturated carbocycles. The van der Waals surface area contributed by atoms with Gasteiger partial charge in [0.2, 0.25) is 0 Å². The normalized spacial score (nSPS) is 26.2. The van der Waals surface area contributed by atoms with Gasteiger partial charge in [-0.25, -0.2) is 4.98 Å². The molecule has 2 rings (SSSR count). The van der Waals surface area contributed by atoms with E-state index in [1.54, 1.807) is 11.3 Å². The summed E-state index contributed by atoms with van der Waals surface area (Å²) in [6.45, 7) is 5.65. The summed E-state index contributed by atoms with van der Waals surface area (Å²) in [7, 11) is 0. The van der Waals surface area contributed by atoms with Crippen molar-refractivity contribution in [3.63, 3.8) is 0 Å². The Bertz CT molecular complexity index is 287. The molecule has 0 saturated heterocycles. The predicted octanol–water partition coefficient (Wildman–Crippen LogP) is 3.45. The van der Waals surface area contributed by atoms with Crippen molar-refractivity contribution in [2.24, 2.45) is 11.8 Å². The van der Waals surface area contributed by atoms with Crippen molar-refractivity contribution in [2.75, 3.05) is 0 Å². The SMILES string of the molecule is CC(C)C1CCC(NCc2cscn2)CC1. The Morgan fingerprint density at radius 2 is 2.12 bits per heavy atom. The van der Waals surface area contributed by atoms with Crippen molar-refractivity contribution in [2.45, 2.75) is 52.1 Å². The molecule has 1 heterocycles. The Morgan fingerprint density at radius 3 is 2.69 bits per heavy atom. The van der Waals surface area contributed by atoms with Crippen molar-refractivity contribution in [3.8, 4) is 0 Å². The molecule has 0 bridgehead atoms. The smallest absolute Gasteiger partial charge is 0.0795 e. The van der Waals surface area contributed by atoms with Gasteiger partial charge in [0.05, 0.1) is 11.2 Å². The topological polar surface area (TPSA) is 24.9 Å². The van der Waals surface area contributed by atoms with Crippen LogP contribution in [0.25, 0.3) is 0 Å². The van der Waals surface area contributed by atoms with E-state index in [0.717, 1.165) is 24.4 Å². The molecule has 0 radical (unpaired) electrons. The van der Waals surface area contributed by atoms with Gasteiger partial charge in [-0.05, 0) is 37.5 Å². The number of nitrogens with one attached hydrogen (secondary N) is 1. The number of rotatable bonds is 4. The molecule has 0 atom stereocenters. The molecule has 0 unspecified atom stereocenters. The first-order valence-electron chi connectivity index (χ1n) is 6.36. The van der Waals surface area contributed by atoms with E-state index in [-0.39, 0.29) is 0 Å². The molecule has 0 spiro atoms. The standard InChI is InChI=1S/C13H22N2S/c1-10(2)11-3-5-12(6-4-11)14-7-13-8-16-9-15-13/h8-12,14H,3-7H2,1-2H3. The number of hydrogen-bond acceptors (Lipinski definition) is 3. The predicted molar refractivity (Wildman–Crippen MR) is 69.5 cm³/mol. The molecule has 1 N–H and O–H groups in total. The molecule has 2 nitrogen and oxygen atoms in total. The number of hydrogen-bond donors (Lipinski definition) is 1. The van der Waals surface area contributed by atoms with E-state index in [0.29, 0.717) is 0 Å². The van der Waals surface area contributed by atoms with Gasteiger partial charge in [0.25, 0.3) is 0 Å². The molecule has 1 aromatic heterocycles. The van der Waals surface area contributed by atoms with Gasteiger partial charge in [-0.15, -0.1) is 11.3 Å². The second-order valence-corrected chi connectivity index (χ2v) is 5.94. The third-order valence-electron chi connectivity index (χ3n) is 3.77. The lowest BCUT2D eigenvalue weighted by atomic mass is 9.80. The van der Waals surface area contributed by atoms with Crippen LogP contribution in [0, 0.1) is 11.8 Å². The largest absolute Gasteiger partial charge is 0.308 e. The second-order valence-electron chi connectivity index (χ2n) is 5.22. The highest BCUT2D eigenvalue weighted by atomic mass is 32.1. The molecule has 90 valence electrons. The van der Waals surface area contributed by atoms with Gasteiger partial charge in [0, 0.05) is 18.0 Å². The lowest BCUT2D eigenvalue weighted by Crippen LogP contribution is -2.33. The van der Waals surface area contributed by atoms with Crippen molar-refractivity contribution >= 4 is 11.3 Å². The average molecular weight is 238 g/mol. The third-order valence-corrected chi connectivity index (χ3v) is 4.41. The van der Waals surface area contributed by atoms with Crippen molar-refractivity contribution in [1.82, 2.24) is 10.3 Å². The molecular weight excluding hydrogens is 216 g/mol. The second kappa shape index (κ2) is 5.78. The highest BCUT2D eigenvalue weighted by molar-refractivity contribution is 7.07. The van der Waals surface area contributed by atoms with Gasteiger partial charge in [-0.3, -0.25) is 0 Å². The van der Waals surface area contributed by atoms with Crippen LogP contribution in [-0.2, 0) is 6.54 Å². The summed E-state index contributed by atoms with van der Waals surface area (Å²) in [5.41, 5.74) is 3.10. The molecule has 16 heavy (non-hydrogen) atoms. The third kappa shape index (κ3) is 3.29. The number of aromatic nitrogens is 1. The van der Waals surface area contributed by atoms with Crippen LogP contribution < -0.4 is 5.32 Å². The van der Waals surface area contributed by atoms with Gasteiger partial charge in [0.1, 0.15) is 0 Å². The Balaban J connectivity index is 1.69. The van der Waals surface area contributed by atoms with Crippen LogP contribution in [0.1, 0.15) is 45.2 Å². The summed E-state index contributed by atoms with van der Waals surface area (Å²) >= 11 is 1.68. The number of thiazole rings is 1. The fourth-order valence-electron chi connectivity index (χ4n) is 2.56. The summed E-state index contributed by atoms with van der Waals surface area (Å²) in [5, 5.41) is 5.76. The van der Waals surface area contributed by atoms with E-state index < -0.39 is 0 Å². The fraction of sp³-hybridized carbons (Fsp3) is 0.769. The molecule has 0 aromatic carbocycles. The first-order valence-corrected chi connectivity index (χ1v) is 7.30. The Kier molecular flexibility index (Phi) is 4.36. The lowest BCUT2D eigenvalue weighted by molar-refractivity contribution is 0.238. The summed E-state index contributed by atoms with van der Waals surface area (Å²) in [6.07, 6.45) is 5.47. The zero-order valence-electron chi connectivity index (χ0n) is 10.3. The van der Waals surface area contributed by atoms with Crippen LogP contribution in [0.3, 0.4) is 0 Å². The summed E-state index contributed by atoms with van der Waals surface area (Å²) in [4.78, 5) is 4.30. The van der Waals surface area contributed by atoms with Gasteiger partial charge in [-0.2, -0.15) is 0 Å². The summed E-state index contributed by atoms with van der Waals surface area (Å²) in [5.74, 6) is 1.82. The van der Waals surface area contributed by atoms with E-state index >= 15 is 0 Å². The minimum atomic E-state index is 0.719. The molecule has 0 amide bonds. The average Bonchev–Trinajstić information content (AvgIpc) is 2.80. The maximum absolute atomic E-state index is 4.30. The van der Waals surface area contributed by atoms with Crippen LogP contribution in [0.5, 0.6) is 0 Å². The highest BCUT2D eigenvalue weighted by Gasteiger charge is 2.22. The molecule has 3 heteroatoms. The van der Waals surface area contributed by atoms with E-state index in [2.05, 4.69) is 29.5 Å². The van der Waals surface area contributed by atoms with Crippen molar-refractivity contribution < 1.29 is 0 Å². The molecule has 1 aromatic rings. The van der Waals surface area contributed by atoms with E-state index in [4.69, 9.17) is 0 Å². The quantitative estimate of drug-likeness (QED) is 0.869. The molecule has 0 aliphatic heterocycles. The first-order chi connectivity index (χ1) is 7.75. The van der Waals surface area contributed by atoms with Crippen molar-refractivity contribution in [3.05, 3.63) is 16.6 Å². The van der Waals surface area contributed by atoms with Crippen LogP contribution >= 0.6 is 11.3 Å². The monoisotopic (exact) mass is 238 g/mol. The highest BCUT2D eigenvalue weighted by Crippen LogP contribution is 2.29. The minimum absolute atomic E-state index is 0.719. The molecule has 1 aliphatic rings. The van der Waals surface area contributed by atoms with Gasteiger partial charge < -0.3 is 5.32 Å². The first kappa shape index (κ1) is 12.1. The summed E-state index contributed by atoms with van der Waals surface area (Å²) < 4.78 is 0. The van der Waals surface area contributed by atoms with Crippen LogP contribution in [0.15, 0.2) is 10.9 Å². The lowest BCUT2D eigenvalue weighted by Gasteiger charge is -2.31. The van der Waals surface area contributed by atoms with E-state index in [1.165, 1.54) is 31.4 Å².